The Morgan fingerprint density at radius 2 is 1.96 bits per heavy atom. The van der Waals surface area contributed by atoms with Gasteiger partial charge in [0.2, 0.25) is 0 Å². The highest BCUT2D eigenvalue weighted by Gasteiger charge is 2.16. The van der Waals surface area contributed by atoms with Gasteiger partial charge in [0.15, 0.2) is 0 Å². The summed E-state index contributed by atoms with van der Waals surface area (Å²) in [4.78, 5) is 14.6. The minimum Gasteiger partial charge on any atom is -0.489 e. The smallest absolute Gasteiger partial charge is 0.254 e. The lowest BCUT2D eigenvalue weighted by Gasteiger charge is -2.22. The third-order valence-corrected chi connectivity index (χ3v) is 3.56. The first-order valence-electron chi connectivity index (χ1n) is 8.17. The molecule has 0 aliphatic carbocycles. The zero-order chi connectivity index (χ0) is 18.1. The third-order valence-electron chi connectivity index (χ3n) is 3.56. The average molecular weight is 334 g/mol. The van der Waals surface area contributed by atoms with E-state index in [4.69, 9.17) is 10.00 Å². The molecule has 25 heavy (non-hydrogen) atoms. The molecule has 0 aromatic heterocycles. The van der Waals surface area contributed by atoms with Crippen molar-refractivity contribution in [3.05, 3.63) is 77.9 Å². The summed E-state index contributed by atoms with van der Waals surface area (Å²) >= 11 is 0. The molecule has 0 spiro atoms. The summed E-state index contributed by atoms with van der Waals surface area (Å²) in [6, 6.07) is 19.0. The monoisotopic (exact) mass is 334 g/mol. The second-order valence-electron chi connectivity index (χ2n) is 5.89. The van der Waals surface area contributed by atoms with E-state index >= 15 is 0 Å². The van der Waals surface area contributed by atoms with Crippen molar-refractivity contribution in [2.45, 2.75) is 19.9 Å². The molecule has 128 valence electrons. The zero-order valence-corrected chi connectivity index (χ0v) is 14.4. The van der Waals surface area contributed by atoms with Crippen LogP contribution < -0.4 is 4.74 Å². The minimum atomic E-state index is -0.111. The Bertz CT molecular complexity index is 763. The van der Waals surface area contributed by atoms with E-state index < -0.39 is 0 Å². The molecular formula is C21H22N2O2. The average Bonchev–Trinajstić information content (AvgIpc) is 2.64. The van der Waals surface area contributed by atoms with Crippen molar-refractivity contribution in [3.63, 3.8) is 0 Å². The van der Waals surface area contributed by atoms with E-state index in [0.29, 0.717) is 37.4 Å². The van der Waals surface area contributed by atoms with E-state index in [2.05, 4.69) is 12.6 Å². The van der Waals surface area contributed by atoms with E-state index in [1.807, 2.05) is 43.3 Å². The highest BCUT2D eigenvalue weighted by Crippen LogP contribution is 2.17. The summed E-state index contributed by atoms with van der Waals surface area (Å²) in [5.74, 6) is 0.522. The fourth-order valence-electron chi connectivity index (χ4n) is 2.35. The van der Waals surface area contributed by atoms with E-state index in [-0.39, 0.29) is 5.91 Å². The second kappa shape index (κ2) is 9.29. The Kier molecular flexibility index (Phi) is 6.79. The van der Waals surface area contributed by atoms with Crippen LogP contribution in [0.1, 0.15) is 29.3 Å². The van der Waals surface area contributed by atoms with Crippen LogP contribution in [0.3, 0.4) is 0 Å². The highest BCUT2D eigenvalue weighted by molar-refractivity contribution is 5.94. The number of hydrogen-bond donors (Lipinski definition) is 0. The van der Waals surface area contributed by atoms with Gasteiger partial charge in [-0.15, -0.1) is 0 Å². The number of benzene rings is 2. The number of hydrogen-bond acceptors (Lipinski definition) is 3. The molecule has 0 saturated carbocycles. The maximum Gasteiger partial charge on any atom is 0.254 e. The summed E-state index contributed by atoms with van der Waals surface area (Å²) in [6.07, 6.45) is 0.296. The van der Waals surface area contributed by atoms with Crippen LogP contribution in [0.25, 0.3) is 0 Å². The lowest BCUT2D eigenvalue weighted by molar-refractivity contribution is 0.0746. The van der Waals surface area contributed by atoms with Crippen LogP contribution in [0.2, 0.25) is 0 Å². The molecule has 0 aliphatic rings. The van der Waals surface area contributed by atoms with Gasteiger partial charge in [0.25, 0.3) is 5.91 Å². The summed E-state index contributed by atoms with van der Waals surface area (Å²) < 4.78 is 5.61. The number of amides is 1. The molecular weight excluding hydrogens is 312 g/mol. The predicted octanol–water partition coefficient (Wildman–Crippen LogP) is 4.20. The van der Waals surface area contributed by atoms with Gasteiger partial charge in [-0.05, 0) is 36.3 Å². The number of carbonyl (C=O) groups is 1. The number of carbonyl (C=O) groups excluding carboxylic acids is 1. The third kappa shape index (κ3) is 5.82. The van der Waals surface area contributed by atoms with E-state index in [1.54, 1.807) is 23.1 Å². The fourth-order valence-corrected chi connectivity index (χ4v) is 2.35. The maximum absolute atomic E-state index is 12.9. The molecule has 2 rings (SSSR count). The molecule has 0 bridgehead atoms. The number of rotatable bonds is 8. The first-order chi connectivity index (χ1) is 12.1. The Morgan fingerprint density at radius 1 is 1.20 bits per heavy atom. The van der Waals surface area contributed by atoms with Crippen LogP contribution in [0.15, 0.2) is 66.7 Å². The summed E-state index contributed by atoms with van der Waals surface area (Å²) in [5.41, 5.74) is 2.49. The van der Waals surface area contributed by atoms with Crippen LogP contribution in [0.4, 0.5) is 0 Å². The van der Waals surface area contributed by atoms with Gasteiger partial charge in [-0.1, -0.05) is 43.0 Å². The zero-order valence-electron chi connectivity index (χ0n) is 14.4. The minimum absolute atomic E-state index is 0.111. The largest absolute Gasteiger partial charge is 0.489 e. The number of nitriles is 1. The molecule has 0 radical (unpaired) electrons. The maximum atomic E-state index is 12.9. The molecule has 2 aromatic rings. The second-order valence-corrected chi connectivity index (χ2v) is 5.89. The van der Waals surface area contributed by atoms with Crippen LogP contribution in [-0.4, -0.2) is 24.0 Å². The molecule has 4 heteroatoms. The van der Waals surface area contributed by atoms with Crippen molar-refractivity contribution >= 4 is 5.91 Å². The van der Waals surface area contributed by atoms with E-state index in [9.17, 15) is 4.79 Å². The van der Waals surface area contributed by atoms with Gasteiger partial charge in [0.05, 0.1) is 12.5 Å². The highest BCUT2D eigenvalue weighted by atomic mass is 16.5. The first kappa shape index (κ1) is 18.3. The molecule has 0 saturated heterocycles. The lowest BCUT2D eigenvalue weighted by Crippen LogP contribution is -2.31. The van der Waals surface area contributed by atoms with E-state index in [0.717, 1.165) is 11.1 Å². The molecule has 0 aliphatic heterocycles. The number of nitrogens with zero attached hydrogens (tertiary/aromatic N) is 2. The van der Waals surface area contributed by atoms with Crippen molar-refractivity contribution < 1.29 is 9.53 Å². The standard InChI is InChI=1S/C21H22N2O2/c1-17(2)16-25-20-11-6-10-19(14-20)21(24)23(13-7-12-22)15-18-8-4-3-5-9-18/h3-6,8-11,14H,1,7,13,15-16H2,2H3. The van der Waals surface area contributed by atoms with Crippen molar-refractivity contribution in [1.29, 1.82) is 5.26 Å². The molecule has 0 fully saturated rings. The van der Waals surface area contributed by atoms with Crippen molar-refractivity contribution in [2.75, 3.05) is 13.2 Å². The van der Waals surface area contributed by atoms with Gasteiger partial charge in [-0.25, -0.2) is 0 Å². The SMILES string of the molecule is C=C(C)COc1cccc(C(=O)N(CCC#N)Cc2ccccc2)c1. The van der Waals surface area contributed by atoms with Crippen LogP contribution in [-0.2, 0) is 6.54 Å². The van der Waals surface area contributed by atoms with Crippen LogP contribution in [0, 0.1) is 11.3 Å². The molecule has 4 nitrogen and oxygen atoms in total. The molecule has 2 aromatic carbocycles. The van der Waals surface area contributed by atoms with Gasteiger partial charge in [0.1, 0.15) is 12.4 Å². The van der Waals surface area contributed by atoms with Crippen molar-refractivity contribution in [3.8, 4) is 11.8 Å². The van der Waals surface area contributed by atoms with Gasteiger partial charge in [-0.2, -0.15) is 5.26 Å². The van der Waals surface area contributed by atoms with Crippen LogP contribution >= 0.6 is 0 Å². The van der Waals surface area contributed by atoms with Crippen molar-refractivity contribution in [2.24, 2.45) is 0 Å². The summed E-state index contributed by atoms with van der Waals surface area (Å²) in [7, 11) is 0. The van der Waals surface area contributed by atoms with Gasteiger partial charge >= 0.3 is 0 Å². The fraction of sp³-hybridized carbons (Fsp3) is 0.238. The summed E-state index contributed by atoms with van der Waals surface area (Å²) in [5, 5.41) is 8.88. The Balaban J connectivity index is 2.16. The summed E-state index contributed by atoms with van der Waals surface area (Å²) in [6.45, 7) is 6.97. The van der Waals surface area contributed by atoms with Crippen LogP contribution in [0.5, 0.6) is 5.75 Å². The topological polar surface area (TPSA) is 53.3 Å². The Labute approximate surface area is 149 Å². The normalized spacial score (nSPS) is 9.92. The molecule has 0 N–H and O–H groups in total. The quantitative estimate of drug-likeness (QED) is 0.680. The predicted molar refractivity (Wildman–Crippen MR) is 98.2 cm³/mol. The molecule has 0 unspecified atom stereocenters. The van der Waals surface area contributed by atoms with Gasteiger partial charge < -0.3 is 9.64 Å². The number of ether oxygens (including phenoxy) is 1. The van der Waals surface area contributed by atoms with Gasteiger partial charge in [-0.3, -0.25) is 4.79 Å². The van der Waals surface area contributed by atoms with E-state index in [1.165, 1.54) is 0 Å². The molecule has 0 atom stereocenters. The Morgan fingerprint density at radius 3 is 2.64 bits per heavy atom. The molecule has 1 amide bonds. The van der Waals surface area contributed by atoms with Crippen molar-refractivity contribution in [1.82, 2.24) is 4.90 Å². The lowest BCUT2D eigenvalue weighted by atomic mass is 10.1. The van der Waals surface area contributed by atoms with Gasteiger partial charge in [0, 0.05) is 18.7 Å². The Hall–Kier alpha value is -3.06. The first-order valence-corrected chi connectivity index (χ1v) is 8.17. The molecule has 0 heterocycles.